The average Bonchev–Trinajstić information content (AvgIpc) is 2.25. The van der Waals surface area contributed by atoms with Crippen LogP contribution in [0.25, 0.3) is 0 Å². The molecule has 0 heterocycles. The van der Waals surface area contributed by atoms with E-state index in [1.54, 1.807) is 0 Å². The molecule has 0 saturated heterocycles. The molecule has 2 atom stereocenters. The summed E-state index contributed by atoms with van der Waals surface area (Å²) < 4.78 is 0.949. The predicted octanol–water partition coefficient (Wildman–Crippen LogP) is 3.10. The van der Waals surface area contributed by atoms with Crippen LogP contribution < -0.4 is 5.73 Å². The minimum Gasteiger partial charge on any atom is -0.388 e. The number of hydrogen-bond acceptors (Lipinski definition) is 2. The Morgan fingerprint density at radius 3 is 2.44 bits per heavy atom. The summed E-state index contributed by atoms with van der Waals surface area (Å²) in [6.45, 7) is 4.81. The number of aliphatic hydroxyl groups is 1. The van der Waals surface area contributed by atoms with Crippen molar-refractivity contribution in [3.05, 3.63) is 34.3 Å². The second-order valence-corrected chi connectivity index (χ2v) is 5.45. The maximum absolute atomic E-state index is 10.3. The summed E-state index contributed by atoms with van der Waals surface area (Å²) in [6, 6.07) is 7.77. The van der Waals surface area contributed by atoms with Crippen molar-refractivity contribution in [2.45, 2.75) is 26.4 Å². The number of aliphatic hydroxyl groups excluding tert-OH is 1. The molecule has 0 aliphatic carbocycles. The summed E-state index contributed by atoms with van der Waals surface area (Å²) >= 11 is 3.46. The molecule has 0 fully saturated rings. The van der Waals surface area contributed by atoms with E-state index in [2.05, 4.69) is 29.8 Å². The smallest absolute Gasteiger partial charge is 0.0841 e. The zero-order chi connectivity index (χ0) is 12.1. The standard InChI is InChI=1S/C13H20BrNO/c1-9(2)7-10(8-15)13(16)11-5-3-4-6-12(11)14/h3-6,9-10,13,16H,7-8,15H2,1-2H3. The maximum atomic E-state index is 10.3. The number of benzene rings is 1. The van der Waals surface area contributed by atoms with Crippen LogP contribution in [0.2, 0.25) is 0 Å². The Bertz CT molecular complexity index is 327. The van der Waals surface area contributed by atoms with Crippen molar-refractivity contribution in [2.75, 3.05) is 6.54 Å². The van der Waals surface area contributed by atoms with Gasteiger partial charge in [-0.05, 0) is 30.5 Å². The van der Waals surface area contributed by atoms with Crippen LogP contribution in [0, 0.1) is 11.8 Å². The summed E-state index contributed by atoms with van der Waals surface area (Å²) in [6.07, 6.45) is 0.460. The zero-order valence-electron chi connectivity index (χ0n) is 9.86. The zero-order valence-corrected chi connectivity index (χ0v) is 11.4. The van der Waals surface area contributed by atoms with E-state index < -0.39 is 6.10 Å². The first-order valence-corrected chi connectivity index (χ1v) is 6.48. The largest absolute Gasteiger partial charge is 0.388 e. The molecule has 3 N–H and O–H groups in total. The molecule has 2 nitrogen and oxygen atoms in total. The van der Waals surface area contributed by atoms with Crippen molar-refractivity contribution in [1.29, 1.82) is 0 Å². The quantitative estimate of drug-likeness (QED) is 0.873. The minimum atomic E-state index is -0.483. The van der Waals surface area contributed by atoms with E-state index in [0.717, 1.165) is 16.5 Å². The molecule has 0 aliphatic heterocycles. The predicted molar refractivity (Wildman–Crippen MR) is 71.1 cm³/mol. The summed E-state index contributed by atoms with van der Waals surface area (Å²) in [7, 11) is 0. The molecule has 0 spiro atoms. The summed E-state index contributed by atoms with van der Waals surface area (Å²) in [5.74, 6) is 0.671. The van der Waals surface area contributed by atoms with Gasteiger partial charge in [0.25, 0.3) is 0 Å². The third-order valence-electron chi connectivity index (χ3n) is 2.75. The van der Waals surface area contributed by atoms with Gasteiger partial charge in [0, 0.05) is 10.4 Å². The Balaban J connectivity index is 2.82. The monoisotopic (exact) mass is 285 g/mol. The van der Waals surface area contributed by atoms with Crippen LogP contribution >= 0.6 is 15.9 Å². The van der Waals surface area contributed by atoms with Gasteiger partial charge in [-0.25, -0.2) is 0 Å². The maximum Gasteiger partial charge on any atom is 0.0841 e. The first kappa shape index (κ1) is 13.7. The van der Waals surface area contributed by atoms with Gasteiger partial charge in [-0.1, -0.05) is 48.0 Å². The molecule has 16 heavy (non-hydrogen) atoms. The van der Waals surface area contributed by atoms with Gasteiger partial charge in [0.15, 0.2) is 0 Å². The molecule has 1 rings (SSSR count). The molecule has 0 aromatic heterocycles. The van der Waals surface area contributed by atoms with E-state index >= 15 is 0 Å². The molecule has 0 amide bonds. The third kappa shape index (κ3) is 3.58. The fourth-order valence-corrected chi connectivity index (χ4v) is 2.45. The highest BCUT2D eigenvalue weighted by Crippen LogP contribution is 2.31. The van der Waals surface area contributed by atoms with Gasteiger partial charge in [0.1, 0.15) is 0 Å². The van der Waals surface area contributed by atoms with Crippen molar-refractivity contribution in [2.24, 2.45) is 17.6 Å². The van der Waals surface area contributed by atoms with E-state index in [1.165, 1.54) is 0 Å². The lowest BCUT2D eigenvalue weighted by molar-refractivity contribution is 0.0988. The van der Waals surface area contributed by atoms with E-state index in [9.17, 15) is 5.11 Å². The Morgan fingerprint density at radius 2 is 1.94 bits per heavy atom. The van der Waals surface area contributed by atoms with Gasteiger partial charge >= 0.3 is 0 Å². The first-order chi connectivity index (χ1) is 7.56. The van der Waals surface area contributed by atoms with Crippen LogP contribution in [0.1, 0.15) is 31.9 Å². The molecular formula is C13H20BrNO. The Hall–Kier alpha value is -0.380. The van der Waals surface area contributed by atoms with E-state index in [1.807, 2.05) is 24.3 Å². The molecule has 1 aromatic carbocycles. The van der Waals surface area contributed by atoms with Crippen LogP contribution in [0.3, 0.4) is 0 Å². The third-order valence-corrected chi connectivity index (χ3v) is 3.47. The molecule has 0 aliphatic rings. The number of nitrogens with two attached hydrogens (primary N) is 1. The van der Waals surface area contributed by atoms with Crippen molar-refractivity contribution >= 4 is 15.9 Å². The Kier molecular flexibility index (Phi) is 5.46. The molecule has 3 heteroatoms. The molecule has 2 unspecified atom stereocenters. The van der Waals surface area contributed by atoms with Gasteiger partial charge in [-0.15, -0.1) is 0 Å². The molecule has 1 aromatic rings. The van der Waals surface area contributed by atoms with E-state index in [0.29, 0.717) is 12.5 Å². The summed E-state index contributed by atoms with van der Waals surface area (Å²) in [4.78, 5) is 0. The lowest BCUT2D eigenvalue weighted by Gasteiger charge is -2.24. The average molecular weight is 286 g/mol. The van der Waals surface area contributed by atoms with E-state index in [-0.39, 0.29) is 5.92 Å². The van der Waals surface area contributed by atoms with Crippen molar-refractivity contribution < 1.29 is 5.11 Å². The van der Waals surface area contributed by atoms with Crippen LogP contribution in [-0.2, 0) is 0 Å². The molecular weight excluding hydrogens is 266 g/mol. The topological polar surface area (TPSA) is 46.2 Å². The second kappa shape index (κ2) is 6.38. The van der Waals surface area contributed by atoms with Gasteiger partial charge in [-0.3, -0.25) is 0 Å². The number of rotatable bonds is 5. The summed E-state index contributed by atoms with van der Waals surface area (Å²) in [5.41, 5.74) is 6.66. The highest BCUT2D eigenvalue weighted by Gasteiger charge is 2.22. The van der Waals surface area contributed by atoms with Crippen molar-refractivity contribution in [1.82, 2.24) is 0 Å². The Morgan fingerprint density at radius 1 is 1.31 bits per heavy atom. The molecule has 90 valence electrons. The van der Waals surface area contributed by atoms with Gasteiger partial charge < -0.3 is 10.8 Å². The molecule has 0 bridgehead atoms. The normalized spacial score (nSPS) is 15.1. The number of halogens is 1. The fourth-order valence-electron chi connectivity index (χ4n) is 1.93. The number of hydrogen-bond donors (Lipinski definition) is 2. The second-order valence-electron chi connectivity index (χ2n) is 4.59. The lowest BCUT2D eigenvalue weighted by Crippen LogP contribution is -2.23. The van der Waals surface area contributed by atoms with Crippen LogP contribution in [0.15, 0.2) is 28.7 Å². The molecule has 0 saturated carbocycles. The fraction of sp³-hybridized carbons (Fsp3) is 0.538. The highest BCUT2D eigenvalue weighted by molar-refractivity contribution is 9.10. The lowest BCUT2D eigenvalue weighted by atomic mass is 9.88. The SMILES string of the molecule is CC(C)CC(CN)C(O)c1ccccc1Br. The van der Waals surface area contributed by atoms with Gasteiger partial charge in [0.05, 0.1) is 6.10 Å². The van der Waals surface area contributed by atoms with Crippen LogP contribution in [0.4, 0.5) is 0 Å². The van der Waals surface area contributed by atoms with Crippen LogP contribution in [-0.4, -0.2) is 11.7 Å². The van der Waals surface area contributed by atoms with E-state index in [4.69, 9.17) is 5.73 Å². The van der Waals surface area contributed by atoms with Gasteiger partial charge in [0.2, 0.25) is 0 Å². The van der Waals surface area contributed by atoms with Crippen molar-refractivity contribution in [3.8, 4) is 0 Å². The highest BCUT2D eigenvalue weighted by atomic mass is 79.9. The van der Waals surface area contributed by atoms with Crippen LogP contribution in [0.5, 0.6) is 0 Å². The summed E-state index contributed by atoms with van der Waals surface area (Å²) in [5, 5.41) is 10.3. The Labute approximate surface area is 106 Å². The minimum absolute atomic E-state index is 0.124. The molecule has 0 radical (unpaired) electrons. The van der Waals surface area contributed by atoms with Crippen molar-refractivity contribution in [3.63, 3.8) is 0 Å². The van der Waals surface area contributed by atoms with Gasteiger partial charge in [-0.2, -0.15) is 0 Å². The first-order valence-electron chi connectivity index (χ1n) is 5.68.